The molecule has 1 heterocycles. The summed E-state index contributed by atoms with van der Waals surface area (Å²) >= 11 is 0. The minimum absolute atomic E-state index is 0.170. The molecule has 100 valence electrons. The topological polar surface area (TPSA) is 85.5 Å². The summed E-state index contributed by atoms with van der Waals surface area (Å²) in [5.41, 5.74) is 0.218. The second kappa shape index (κ2) is 5.99. The first-order valence-corrected chi connectivity index (χ1v) is 5.96. The van der Waals surface area contributed by atoms with Crippen LogP contribution in [0, 0.1) is 0 Å². The Morgan fingerprint density at radius 2 is 2.11 bits per heavy atom. The van der Waals surface area contributed by atoms with Gasteiger partial charge in [-0.25, -0.2) is 4.79 Å². The number of ether oxygens (including phenoxy) is 1. The molecule has 0 aliphatic carbocycles. The number of nitrogens with zero attached hydrogens (tertiary/aromatic N) is 2. The van der Waals surface area contributed by atoms with Crippen LogP contribution < -0.4 is 4.74 Å². The van der Waals surface area contributed by atoms with Crippen LogP contribution in [0.15, 0.2) is 28.8 Å². The third-order valence-corrected chi connectivity index (χ3v) is 2.45. The number of benzene rings is 1. The number of carbonyl (C=O) groups is 1. The van der Waals surface area contributed by atoms with Crippen molar-refractivity contribution in [3.8, 4) is 5.75 Å². The molecular formula is C13H14N2O4. The monoisotopic (exact) mass is 262 g/mol. The van der Waals surface area contributed by atoms with E-state index in [-0.39, 0.29) is 12.2 Å². The molecule has 2 rings (SSSR count). The number of hydrogen-bond donors (Lipinski definition) is 1. The summed E-state index contributed by atoms with van der Waals surface area (Å²) < 4.78 is 10.4. The van der Waals surface area contributed by atoms with Crippen LogP contribution in [0.1, 0.15) is 35.4 Å². The summed E-state index contributed by atoms with van der Waals surface area (Å²) in [5, 5.41) is 12.6. The van der Waals surface area contributed by atoms with Crippen LogP contribution >= 0.6 is 0 Å². The molecule has 0 aliphatic heterocycles. The maximum absolute atomic E-state index is 10.7. The van der Waals surface area contributed by atoms with Gasteiger partial charge in [0.05, 0.1) is 5.56 Å². The van der Waals surface area contributed by atoms with Gasteiger partial charge in [-0.05, 0) is 30.7 Å². The Morgan fingerprint density at radius 1 is 1.37 bits per heavy atom. The zero-order valence-corrected chi connectivity index (χ0v) is 10.5. The molecule has 0 saturated carbocycles. The van der Waals surface area contributed by atoms with E-state index >= 15 is 0 Å². The Morgan fingerprint density at radius 3 is 2.74 bits per heavy atom. The van der Waals surface area contributed by atoms with Crippen LogP contribution in [-0.4, -0.2) is 21.2 Å². The molecule has 1 N–H and O–H groups in total. The molecule has 0 spiro atoms. The first-order chi connectivity index (χ1) is 9.19. The summed E-state index contributed by atoms with van der Waals surface area (Å²) in [4.78, 5) is 14.8. The minimum Gasteiger partial charge on any atom is -0.484 e. The van der Waals surface area contributed by atoms with E-state index in [1.165, 1.54) is 12.1 Å². The normalized spacial score (nSPS) is 10.4. The third-order valence-electron chi connectivity index (χ3n) is 2.45. The van der Waals surface area contributed by atoms with Crippen LogP contribution in [0.4, 0.5) is 0 Å². The lowest BCUT2D eigenvalue weighted by Gasteiger charge is -2.02. The van der Waals surface area contributed by atoms with Gasteiger partial charge < -0.3 is 14.4 Å². The van der Waals surface area contributed by atoms with Gasteiger partial charge in [-0.1, -0.05) is 12.1 Å². The quantitative estimate of drug-likeness (QED) is 0.859. The average Bonchev–Trinajstić information content (AvgIpc) is 2.85. The zero-order chi connectivity index (χ0) is 13.7. The lowest BCUT2D eigenvalue weighted by atomic mass is 10.2. The summed E-state index contributed by atoms with van der Waals surface area (Å²) in [6, 6.07) is 6.14. The Bertz CT molecular complexity index is 548. The number of aromatic carboxylic acids is 1. The molecule has 0 bridgehead atoms. The lowest BCUT2D eigenvalue weighted by Crippen LogP contribution is -1.98. The summed E-state index contributed by atoms with van der Waals surface area (Å²) in [5.74, 6) is 0.668. The zero-order valence-electron chi connectivity index (χ0n) is 10.5. The number of rotatable bonds is 6. The van der Waals surface area contributed by atoms with E-state index in [1.54, 1.807) is 12.1 Å². The fraction of sp³-hybridized carbons (Fsp3) is 0.308. The van der Waals surface area contributed by atoms with Gasteiger partial charge >= 0.3 is 5.97 Å². The van der Waals surface area contributed by atoms with Crippen molar-refractivity contribution in [2.75, 3.05) is 0 Å². The second-order valence-electron chi connectivity index (χ2n) is 3.97. The molecule has 6 heteroatoms. The second-order valence-corrected chi connectivity index (χ2v) is 3.97. The molecule has 6 nitrogen and oxygen atoms in total. The van der Waals surface area contributed by atoms with Crippen molar-refractivity contribution >= 4 is 5.97 Å². The van der Waals surface area contributed by atoms with Gasteiger partial charge in [0.15, 0.2) is 12.4 Å². The number of carboxylic acids is 1. The fourth-order valence-electron chi connectivity index (χ4n) is 1.51. The van der Waals surface area contributed by atoms with Gasteiger partial charge in [-0.3, -0.25) is 0 Å². The minimum atomic E-state index is -0.965. The third kappa shape index (κ3) is 3.54. The maximum atomic E-state index is 10.7. The van der Waals surface area contributed by atoms with E-state index in [2.05, 4.69) is 10.1 Å². The average molecular weight is 262 g/mol. The molecule has 1 aromatic heterocycles. The SMILES string of the molecule is CCCc1noc(COc2ccc(C(=O)O)cc2)n1. The number of hydrogen-bond acceptors (Lipinski definition) is 5. The van der Waals surface area contributed by atoms with Gasteiger partial charge in [0, 0.05) is 6.42 Å². The smallest absolute Gasteiger partial charge is 0.335 e. The Hall–Kier alpha value is -2.37. The van der Waals surface area contributed by atoms with Crippen LogP contribution in [0.25, 0.3) is 0 Å². The molecule has 0 atom stereocenters. The number of aryl methyl sites for hydroxylation is 1. The first-order valence-electron chi connectivity index (χ1n) is 5.96. The molecule has 19 heavy (non-hydrogen) atoms. The predicted molar refractivity (Wildman–Crippen MR) is 66.0 cm³/mol. The molecule has 0 saturated heterocycles. The Labute approximate surface area is 110 Å². The summed E-state index contributed by atoms with van der Waals surface area (Å²) in [6.45, 7) is 2.21. The molecule has 0 aliphatic rings. The van der Waals surface area contributed by atoms with E-state index < -0.39 is 5.97 Å². The maximum Gasteiger partial charge on any atom is 0.335 e. The van der Waals surface area contributed by atoms with Crippen LogP contribution in [0.5, 0.6) is 5.75 Å². The van der Waals surface area contributed by atoms with E-state index in [4.69, 9.17) is 14.4 Å². The van der Waals surface area contributed by atoms with E-state index in [0.29, 0.717) is 17.5 Å². The number of aromatic nitrogens is 2. The predicted octanol–water partition coefficient (Wildman–Crippen LogP) is 2.30. The van der Waals surface area contributed by atoms with E-state index in [0.717, 1.165) is 12.8 Å². The van der Waals surface area contributed by atoms with Crippen molar-refractivity contribution in [1.29, 1.82) is 0 Å². The number of carboxylic acid groups (broad SMARTS) is 1. The highest BCUT2D eigenvalue weighted by Crippen LogP contribution is 2.14. The van der Waals surface area contributed by atoms with Crippen molar-refractivity contribution in [3.63, 3.8) is 0 Å². The highest BCUT2D eigenvalue weighted by molar-refractivity contribution is 5.87. The van der Waals surface area contributed by atoms with Gasteiger partial charge in [0.1, 0.15) is 5.75 Å². The van der Waals surface area contributed by atoms with Crippen molar-refractivity contribution < 1.29 is 19.2 Å². The van der Waals surface area contributed by atoms with E-state index in [1.807, 2.05) is 6.92 Å². The highest BCUT2D eigenvalue weighted by Gasteiger charge is 2.07. The Kier molecular flexibility index (Phi) is 4.12. The largest absolute Gasteiger partial charge is 0.484 e. The molecule has 0 unspecified atom stereocenters. The molecule has 0 radical (unpaired) electrons. The standard InChI is InChI=1S/C13H14N2O4/c1-2-3-11-14-12(19-15-11)8-18-10-6-4-9(5-7-10)13(16)17/h4-7H,2-3,8H2,1H3,(H,16,17). The molecule has 1 aromatic carbocycles. The van der Waals surface area contributed by atoms with E-state index in [9.17, 15) is 4.79 Å². The van der Waals surface area contributed by atoms with Gasteiger partial charge in [0.25, 0.3) is 5.89 Å². The molecule has 2 aromatic rings. The fourth-order valence-corrected chi connectivity index (χ4v) is 1.51. The van der Waals surface area contributed by atoms with Crippen molar-refractivity contribution in [3.05, 3.63) is 41.5 Å². The molecule has 0 amide bonds. The summed E-state index contributed by atoms with van der Waals surface area (Å²) in [7, 11) is 0. The molecule has 0 fully saturated rings. The highest BCUT2D eigenvalue weighted by atomic mass is 16.5. The molecular weight excluding hydrogens is 248 g/mol. The van der Waals surface area contributed by atoms with Crippen molar-refractivity contribution in [2.24, 2.45) is 0 Å². The van der Waals surface area contributed by atoms with Crippen LogP contribution in [-0.2, 0) is 13.0 Å². The van der Waals surface area contributed by atoms with Crippen LogP contribution in [0.3, 0.4) is 0 Å². The van der Waals surface area contributed by atoms with Crippen LogP contribution in [0.2, 0.25) is 0 Å². The Balaban J connectivity index is 1.92. The summed E-state index contributed by atoms with van der Waals surface area (Å²) in [6.07, 6.45) is 1.73. The lowest BCUT2D eigenvalue weighted by molar-refractivity contribution is 0.0697. The van der Waals surface area contributed by atoms with Crippen molar-refractivity contribution in [1.82, 2.24) is 10.1 Å². The first kappa shape index (κ1) is 13.1. The van der Waals surface area contributed by atoms with Gasteiger partial charge in [0.2, 0.25) is 0 Å². The van der Waals surface area contributed by atoms with Gasteiger partial charge in [-0.2, -0.15) is 4.98 Å². The van der Waals surface area contributed by atoms with Gasteiger partial charge in [-0.15, -0.1) is 0 Å². The van der Waals surface area contributed by atoms with Crippen molar-refractivity contribution in [2.45, 2.75) is 26.4 Å².